The molecule has 1 aromatic rings. The van der Waals surface area contributed by atoms with Gasteiger partial charge in [-0.05, 0) is 31.4 Å². The molecule has 0 aromatic heterocycles. The Balaban J connectivity index is 2.65. The monoisotopic (exact) mass is 232 g/mol. The Bertz CT molecular complexity index is 345. The molecule has 0 heterocycles. The molecule has 2 heteroatoms. The van der Waals surface area contributed by atoms with Crippen molar-refractivity contribution in [3.8, 4) is 0 Å². The van der Waals surface area contributed by atoms with Gasteiger partial charge in [-0.2, -0.15) is 0 Å². The molecule has 0 saturated carbocycles. The lowest BCUT2D eigenvalue weighted by Crippen LogP contribution is -2.30. The summed E-state index contributed by atoms with van der Waals surface area (Å²) in [6, 6.07) is 8.50. The first-order valence-electron chi connectivity index (χ1n) is 6.45. The van der Waals surface area contributed by atoms with E-state index >= 15 is 0 Å². The summed E-state index contributed by atoms with van der Waals surface area (Å²) in [5, 5.41) is 0. The fourth-order valence-electron chi connectivity index (χ4n) is 1.94. The van der Waals surface area contributed by atoms with Crippen molar-refractivity contribution in [1.82, 2.24) is 0 Å². The maximum absolute atomic E-state index is 5.69. The molecule has 0 bridgehead atoms. The Hall–Kier alpha value is -1.28. The van der Waals surface area contributed by atoms with Crippen LogP contribution >= 0.6 is 0 Å². The Kier molecular flexibility index (Phi) is 6.41. The topological polar surface area (TPSA) is 29.3 Å². The van der Waals surface area contributed by atoms with E-state index in [9.17, 15) is 0 Å². The SMILES string of the molecule is CCC=CCCN(CCN)c1ccccc1C. The van der Waals surface area contributed by atoms with Gasteiger partial charge in [-0.1, -0.05) is 37.3 Å². The number of allylic oxidation sites excluding steroid dienone is 1. The first-order chi connectivity index (χ1) is 8.29. The number of hydrogen-bond acceptors (Lipinski definition) is 2. The molecule has 17 heavy (non-hydrogen) atoms. The van der Waals surface area contributed by atoms with Crippen molar-refractivity contribution in [3.05, 3.63) is 42.0 Å². The Morgan fingerprint density at radius 2 is 1.94 bits per heavy atom. The zero-order valence-electron chi connectivity index (χ0n) is 11.0. The summed E-state index contributed by atoms with van der Waals surface area (Å²) in [7, 11) is 0. The minimum Gasteiger partial charge on any atom is -0.370 e. The Morgan fingerprint density at radius 1 is 1.18 bits per heavy atom. The van der Waals surface area contributed by atoms with Crippen molar-refractivity contribution in [1.29, 1.82) is 0 Å². The highest BCUT2D eigenvalue weighted by Gasteiger charge is 2.06. The van der Waals surface area contributed by atoms with Gasteiger partial charge in [0.1, 0.15) is 0 Å². The molecule has 1 rings (SSSR count). The summed E-state index contributed by atoms with van der Waals surface area (Å²) in [4.78, 5) is 2.37. The molecule has 0 aliphatic rings. The normalized spacial score (nSPS) is 11.0. The number of hydrogen-bond donors (Lipinski definition) is 1. The number of para-hydroxylation sites is 1. The van der Waals surface area contributed by atoms with E-state index in [0.29, 0.717) is 6.54 Å². The van der Waals surface area contributed by atoms with E-state index in [2.05, 4.69) is 55.2 Å². The Morgan fingerprint density at radius 3 is 2.59 bits per heavy atom. The molecule has 0 aliphatic heterocycles. The van der Waals surface area contributed by atoms with Crippen LogP contribution in [0.15, 0.2) is 36.4 Å². The van der Waals surface area contributed by atoms with Crippen LogP contribution in [0.25, 0.3) is 0 Å². The maximum atomic E-state index is 5.69. The first-order valence-corrected chi connectivity index (χ1v) is 6.45. The molecule has 94 valence electrons. The third-order valence-corrected chi connectivity index (χ3v) is 2.82. The highest BCUT2D eigenvalue weighted by molar-refractivity contribution is 5.52. The van der Waals surface area contributed by atoms with Crippen LogP contribution in [-0.2, 0) is 0 Å². The molecular formula is C15H24N2. The third kappa shape index (κ3) is 4.61. The molecule has 0 radical (unpaired) electrons. The largest absolute Gasteiger partial charge is 0.370 e. The van der Waals surface area contributed by atoms with Gasteiger partial charge in [0.2, 0.25) is 0 Å². The van der Waals surface area contributed by atoms with Crippen LogP contribution in [0, 0.1) is 6.92 Å². The second kappa shape index (κ2) is 7.91. The van der Waals surface area contributed by atoms with Crippen LogP contribution in [0.3, 0.4) is 0 Å². The average molecular weight is 232 g/mol. The zero-order chi connectivity index (χ0) is 12.5. The number of aryl methyl sites for hydroxylation is 1. The van der Waals surface area contributed by atoms with Crippen molar-refractivity contribution in [3.63, 3.8) is 0 Å². The first kappa shape index (κ1) is 13.8. The van der Waals surface area contributed by atoms with E-state index in [1.807, 2.05) is 0 Å². The quantitative estimate of drug-likeness (QED) is 0.732. The van der Waals surface area contributed by atoms with Crippen LogP contribution in [0.1, 0.15) is 25.3 Å². The summed E-state index contributed by atoms with van der Waals surface area (Å²) >= 11 is 0. The minimum absolute atomic E-state index is 0.700. The van der Waals surface area contributed by atoms with Gasteiger partial charge in [0.15, 0.2) is 0 Å². The lowest BCUT2D eigenvalue weighted by molar-refractivity contribution is 0.782. The van der Waals surface area contributed by atoms with Crippen molar-refractivity contribution >= 4 is 5.69 Å². The highest BCUT2D eigenvalue weighted by Crippen LogP contribution is 2.19. The maximum Gasteiger partial charge on any atom is 0.0396 e. The summed E-state index contributed by atoms with van der Waals surface area (Å²) in [5.41, 5.74) is 8.32. The van der Waals surface area contributed by atoms with Gasteiger partial charge in [-0.15, -0.1) is 0 Å². The van der Waals surface area contributed by atoms with Gasteiger partial charge in [-0.25, -0.2) is 0 Å². The molecule has 0 saturated heterocycles. The van der Waals surface area contributed by atoms with Crippen molar-refractivity contribution < 1.29 is 0 Å². The van der Waals surface area contributed by atoms with Crippen molar-refractivity contribution in [2.75, 3.05) is 24.5 Å². The van der Waals surface area contributed by atoms with E-state index in [4.69, 9.17) is 5.73 Å². The summed E-state index contributed by atoms with van der Waals surface area (Å²) in [5.74, 6) is 0. The number of anilines is 1. The molecule has 0 atom stereocenters. The summed E-state index contributed by atoms with van der Waals surface area (Å²) < 4.78 is 0. The van der Waals surface area contributed by atoms with Crippen LogP contribution in [-0.4, -0.2) is 19.6 Å². The molecule has 0 aliphatic carbocycles. The van der Waals surface area contributed by atoms with Gasteiger partial charge in [0, 0.05) is 25.3 Å². The van der Waals surface area contributed by atoms with Gasteiger partial charge in [-0.3, -0.25) is 0 Å². The fourth-order valence-corrected chi connectivity index (χ4v) is 1.94. The lowest BCUT2D eigenvalue weighted by atomic mass is 10.1. The van der Waals surface area contributed by atoms with Crippen LogP contribution in [0.4, 0.5) is 5.69 Å². The standard InChI is InChI=1S/C15H24N2/c1-3-4-5-8-12-17(13-11-16)15-10-7-6-9-14(15)2/h4-7,9-10H,3,8,11-13,16H2,1-2H3. The third-order valence-electron chi connectivity index (χ3n) is 2.82. The summed E-state index contributed by atoms with van der Waals surface area (Å²) in [6.07, 6.45) is 6.67. The van der Waals surface area contributed by atoms with E-state index in [1.165, 1.54) is 11.3 Å². The van der Waals surface area contributed by atoms with Crippen LogP contribution in [0.2, 0.25) is 0 Å². The van der Waals surface area contributed by atoms with E-state index < -0.39 is 0 Å². The fraction of sp³-hybridized carbons (Fsp3) is 0.467. The molecule has 0 unspecified atom stereocenters. The number of rotatable bonds is 7. The number of nitrogens with zero attached hydrogens (tertiary/aromatic N) is 1. The average Bonchev–Trinajstić information content (AvgIpc) is 2.34. The molecule has 0 fully saturated rings. The Labute approximate surface area is 105 Å². The van der Waals surface area contributed by atoms with Gasteiger partial charge in [0.25, 0.3) is 0 Å². The number of benzene rings is 1. The molecule has 0 amide bonds. The van der Waals surface area contributed by atoms with E-state index in [0.717, 1.165) is 25.9 Å². The summed E-state index contributed by atoms with van der Waals surface area (Å²) in [6.45, 7) is 6.98. The van der Waals surface area contributed by atoms with Gasteiger partial charge >= 0.3 is 0 Å². The minimum atomic E-state index is 0.700. The molecule has 1 aromatic carbocycles. The highest BCUT2D eigenvalue weighted by atomic mass is 15.1. The van der Waals surface area contributed by atoms with Crippen molar-refractivity contribution in [2.45, 2.75) is 26.7 Å². The molecular weight excluding hydrogens is 208 g/mol. The number of nitrogens with two attached hydrogens (primary N) is 1. The zero-order valence-corrected chi connectivity index (χ0v) is 11.0. The van der Waals surface area contributed by atoms with E-state index in [-0.39, 0.29) is 0 Å². The van der Waals surface area contributed by atoms with Crippen LogP contribution < -0.4 is 10.6 Å². The smallest absolute Gasteiger partial charge is 0.0396 e. The lowest BCUT2D eigenvalue weighted by Gasteiger charge is -2.25. The van der Waals surface area contributed by atoms with Crippen molar-refractivity contribution in [2.24, 2.45) is 5.73 Å². The molecule has 2 nitrogen and oxygen atoms in total. The molecule has 0 spiro atoms. The van der Waals surface area contributed by atoms with Gasteiger partial charge in [0.05, 0.1) is 0 Å². The van der Waals surface area contributed by atoms with Gasteiger partial charge < -0.3 is 10.6 Å². The van der Waals surface area contributed by atoms with Crippen LogP contribution in [0.5, 0.6) is 0 Å². The second-order valence-corrected chi connectivity index (χ2v) is 4.23. The predicted octanol–water partition coefficient (Wildman–Crippen LogP) is 3.12. The predicted molar refractivity (Wildman–Crippen MR) is 76.5 cm³/mol. The second-order valence-electron chi connectivity index (χ2n) is 4.23. The molecule has 2 N–H and O–H groups in total. The van der Waals surface area contributed by atoms with E-state index in [1.54, 1.807) is 0 Å².